The summed E-state index contributed by atoms with van der Waals surface area (Å²) in [5, 5.41) is 2.87. The zero-order valence-electron chi connectivity index (χ0n) is 11.9. The third-order valence-corrected chi connectivity index (χ3v) is 3.65. The molecule has 1 fully saturated rings. The molecule has 0 aromatic heterocycles. The Morgan fingerprint density at radius 3 is 2.50 bits per heavy atom. The second kappa shape index (κ2) is 7.36. The minimum Gasteiger partial charge on any atom is -0.352 e. The second-order valence-electron chi connectivity index (χ2n) is 5.30. The maximum atomic E-state index is 12.7. The van der Waals surface area contributed by atoms with Crippen LogP contribution in [0.3, 0.4) is 0 Å². The van der Waals surface area contributed by atoms with E-state index < -0.39 is 0 Å². The molecule has 20 heavy (non-hydrogen) atoms. The normalized spacial score (nSPS) is 17.1. The van der Waals surface area contributed by atoms with Gasteiger partial charge in [0.2, 0.25) is 5.91 Å². The third kappa shape index (κ3) is 4.90. The largest absolute Gasteiger partial charge is 0.352 e. The first-order valence-electron chi connectivity index (χ1n) is 7.05. The van der Waals surface area contributed by atoms with Crippen molar-refractivity contribution in [3.05, 3.63) is 35.6 Å². The quantitative estimate of drug-likeness (QED) is 0.876. The third-order valence-electron chi connectivity index (χ3n) is 3.65. The van der Waals surface area contributed by atoms with Gasteiger partial charge in [0.1, 0.15) is 5.82 Å². The van der Waals surface area contributed by atoms with Crippen molar-refractivity contribution in [1.29, 1.82) is 0 Å². The van der Waals surface area contributed by atoms with Crippen molar-refractivity contribution in [2.45, 2.75) is 13.0 Å². The van der Waals surface area contributed by atoms with Crippen LogP contribution in [-0.2, 0) is 11.3 Å². The fourth-order valence-corrected chi connectivity index (χ4v) is 2.22. The van der Waals surface area contributed by atoms with Gasteiger partial charge < -0.3 is 15.1 Å². The lowest BCUT2D eigenvalue weighted by molar-refractivity contribution is -0.121. The van der Waals surface area contributed by atoms with E-state index >= 15 is 0 Å². The van der Waals surface area contributed by atoms with Crippen LogP contribution in [0, 0.1) is 5.82 Å². The molecular formula is C15H22FN3O. The maximum absolute atomic E-state index is 12.7. The molecule has 1 aromatic rings. The number of nitrogens with zero attached hydrogens (tertiary/aromatic N) is 2. The lowest BCUT2D eigenvalue weighted by Gasteiger charge is -2.32. The summed E-state index contributed by atoms with van der Waals surface area (Å²) in [6.07, 6.45) is 0.519. The fourth-order valence-electron chi connectivity index (χ4n) is 2.22. The first-order valence-corrected chi connectivity index (χ1v) is 7.05. The highest BCUT2D eigenvalue weighted by Gasteiger charge is 2.14. The molecule has 0 atom stereocenters. The number of likely N-dealkylation sites (N-methyl/N-ethyl adjacent to an activating group) is 1. The highest BCUT2D eigenvalue weighted by Crippen LogP contribution is 2.03. The first-order chi connectivity index (χ1) is 9.63. The molecule has 1 N–H and O–H groups in total. The summed E-state index contributed by atoms with van der Waals surface area (Å²) in [7, 11) is 2.12. The van der Waals surface area contributed by atoms with Crippen molar-refractivity contribution in [3.8, 4) is 0 Å². The van der Waals surface area contributed by atoms with Crippen molar-refractivity contribution >= 4 is 5.91 Å². The Hall–Kier alpha value is -1.46. The van der Waals surface area contributed by atoms with Gasteiger partial charge in [-0.15, -0.1) is 0 Å². The average Bonchev–Trinajstić information content (AvgIpc) is 2.46. The predicted molar refractivity (Wildman–Crippen MR) is 76.8 cm³/mol. The monoisotopic (exact) mass is 279 g/mol. The van der Waals surface area contributed by atoms with Gasteiger partial charge >= 0.3 is 0 Å². The number of nitrogens with one attached hydrogen (secondary N) is 1. The Balaban J connectivity index is 1.64. The Kier molecular flexibility index (Phi) is 5.49. The summed E-state index contributed by atoms with van der Waals surface area (Å²) < 4.78 is 12.7. The summed E-state index contributed by atoms with van der Waals surface area (Å²) in [5.41, 5.74) is 0.916. The number of halogens is 1. The van der Waals surface area contributed by atoms with Gasteiger partial charge in [-0.1, -0.05) is 12.1 Å². The molecule has 0 bridgehead atoms. The summed E-state index contributed by atoms with van der Waals surface area (Å²) in [6.45, 7) is 5.46. The molecule has 1 aliphatic heterocycles. The minimum absolute atomic E-state index is 0.0493. The van der Waals surface area contributed by atoms with Crippen LogP contribution in [0.15, 0.2) is 24.3 Å². The fraction of sp³-hybridized carbons (Fsp3) is 0.533. The van der Waals surface area contributed by atoms with E-state index in [0.717, 1.165) is 38.3 Å². The molecule has 4 nitrogen and oxygen atoms in total. The molecule has 0 aliphatic carbocycles. The van der Waals surface area contributed by atoms with Crippen molar-refractivity contribution in [2.24, 2.45) is 0 Å². The number of hydrogen-bond donors (Lipinski definition) is 1. The van der Waals surface area contributed by atoms with E-state index in [9.17, 15) is 9.18 Å². The molecule has 0 spiro atoms. The van der Waals surface area contributed by atoms with Crippen LogP contribution >= 0.6 is 0 Å². The number of carbonyl (C=O) groups excluding carboxylic acids is 1. The van der Waals surface area contributed by atoms with E-state index in [4.69, 9.17) is 0 Å². The van der Waals surface area contributed by atoms with Crippen molar-refractivity contribution in [2.75, 3.05) is 39.8 Å². The van der Waals surface area contributed by atoms with Crippen LogP contribution < -0.4 is 5.32 Å². The molecule has 0 saturated carbocycles. The van der Waals surface area contributed by atoms with Gasteiger partial charge in [-0.3, -0.25) is 4.79 Å². The average molecular weight is 279 g/mol. The van der Waals surface area contributed by atoms with Gasteiger partial charge in [0.05, 0.1) is 0 Å². The van der Waals surface area contributed by atoms with Gasteiger partial charge in [0.25, 0.3) is 0 Å². The zero-order chi connectivity index (χ0) is 14.4. The summed E-state index contributed by atoms with van der Waals surface area (Å²) in [6, 6.07) is 6.20. The highest BCUT2D eigenvalue weighted by atomic mass is 19.1. The summed E-state index contributed by atoms with van der Waals surface area (Å²) >= 11 is 0. The number of benzene rings is 1. The Labute approximate surface area is 119 Å². The Morgan fingerprint density at radius 1 is 1.20 bits per heavy atom. The molecule has 1 aromatic carbocycles. The number of carbonyl (C=O) groups is 1. The van der Waals surface area contributed by atoms with Crippen molar-refractivity contribution in [1.82, 2.24) is 15.1 Å². The van der Waals surface area contributed by atoms with Gasteiger partial charge in [0, 0.05) is 45.7 Å². The summed E-state index contributed by atoms with van der Waals surface area (Å²) in [4.78, 5) is 16.4. The van der Waals surface area contributed by atoms with E-state index in [1.54, 1.807) is 12.1 Å². The standard InChI is InChI=1S/C15H22FN3O/c1-18-8-10-19(11-9-18)7-6-15(20)17-12-13-2-4-14(16)5-3-13/h2-5H,6-12H2,1H3,(H,17,20). The van der Waals surface area contributed by atoms with Gasteiger partial charge in [-0.2, -0.15) is 0 Å². The zero-order valence-corrected chi connectivity index (χ0v) is 11.9. The van der Waals surface area contributed by atoms with Crippen LogP contribution in [0.5, 0.6) is 0 Å². The van der Waals surface area contributed by atoms with Crippen LogP contribution in [0.1, 0.15) is 12.0 Å². The highest BCUT2D eigenvalue weighted by molar-refractivity contribution is 5.76. The van der Waals surface area contributed by atoms with E-state index in [0.29, 0.717) is 13.0 Å². The molecule has 1 aliphatic rings. The maximum Gasteiger partial charge on any atom is 0.221 e. The molecule has 0 radical (unpaired) electrons. The number of hydrogen-bond acceptors (Lipinski definition) is 3. The van der Waals surface area contributed by atoms with Crippen LogP contribution in [0.25, 0.3) is 0 Å². The number of amides is 1. The Bertz CT molecular complexity index is 427. The molecule has 1 amide bonds. The van der Waals surface area contributed by atoms with Gasteiger partial charge in [-0.05, 0) is 24.7 Å². The van der Waals surface area contributed by atoms with Gasteiger partial charge in [0.15, 0.2) is 0 Å². The number of piperazine rings is 1. The Morgan fingerprint density at radius 2 is 1.85 bits per heavy atom. The lowest BCUT2D eigenvalue weighted by Crippen LogP contribution is -2.45. The second-order valence-corrected chi connectivity index (χ2v) is 5.30. The van der Waals surface area contributed by atoms with Crippen molar-refractivity contribution in [3.63, 3.8) is 0 Å². The lowest BCUT2D eigenvalue weighted by atomic mass is 10.2. The van der Waals surface area contributed by atoms with Crippen LogP contribution in [0.4, 0.5) is 4.39 Å². The smallest absolute Gasteiger partial charge is 0.221 e. The molecule has 2 rings (SSSR count). The van der Waals surface area contributed by atoms with E-state index in [1.807, 2.05) is 0 Å². The molecule has 110 valence electrons. The van der Waals surface area contributed by atoms with Gasteiger partial charge in [-0.25, -0.2) is 4.39 Å². The van der Waals surface area contributed by atoms with Crippen LogP contribution in [-0.4, -0.2) is 55.5 Å². The van der Waals surface area contributed by atoms with E-state index in [2.05, 4.69) is 22.2 Å². The molecule has 5 heteroatoms. The summed E-state index contributed by atoms with van der Waals surface area (Å²) in [5.74, 6) is -0.205. The molecule has 1 saturated heterocycles. The molecule has 1 heterocycles. The van der Waals surface area contributed by atoms with Crippen molar-refractivity contribution < 1.29 is 9.18 Å². The molecular weight excluding hydrogens is 257 g/mol. The SMILES string of the molecule is CN1CCN(CCC(=O)NCc2ccc(F)cc2)CC1. The number of rotatable bonds is 5. The molecule has 0 unspecified atom stereocenters. The van der Waals surface area contributed by atoms with E-state index in [-0.39, 0.29) is 11.7 Å². The van der Waals surface area contributed by atoms with Crippen LogP contribution in [0.2, 0.25) is 0 Å². The van der Waals surface area contributed by atoms with E-state index in [1.165, 1.54) is 12.1 Å². The topological polar surface area (TPSA) is 35.6 Å². The predicted octanol–water partition coefficient (Wildman–Crippen LogP) is 1.08. The first kappa shape index (κ1) is 14.9. The minimum atomic E-state index is -0.254.